The Labute approximate surface area is 152 Å². The number of fused-ring (bicyclic) bond motifs is 2. The number of likely N-dealkylation sites (N-methyl/N-ethyl adjacent to an activating group) is 1. The van der Waals surface area contributed by atoms with Gasteiger partial charge in [0.1, 0.15) is 11.3 Å². The topological polar surface area (TPSA) is 72.6 Å². The number of anilines is 1. The molecule has 0 radical (unpaired) electrons. The Morgan fingerprint density at radius 3 is 2.85 bits per heavy atom. The zero-order valence-corrected chi connectivity index (χ0v) is 14.7. The number of thiazole rings is 1. The van der Waals surface area contributed by atoms with Gasteiger partial charge < -0.3 is 9.15 Å². The number of carbonyl (C=O) groups is 1. The van der Waals surface area contributed by atoms with Crippen molar-refractivity contribution in [1.29, 1.82) is 0 Å². The summed E-state index contributed by atoms with van der Waals surface area (Å²) in [6, 6.07) is 15.9. The molecule has 130 valence electrons. The van der Waals surface area contributed by atoms with E-state index in [0.717, 1.165) is 15.6 Å². The first-order valence-electron chi connectivity index (χ1n) is 7.89. The molecular formula is C19H14N2O4S. The van der Waals surface area contributed by atoms with E-state index in [2.05, 4.69) is 4.98 Å². The molecular weight excluding hydrogens is 352 g/mol. The molecule has 2 heterocycles. The van der Waals surface area contributed by atoms with Crippen LogP contribution < -0.4 is 15.3 Å². The van der Waals surface area contributed by atoms with Gasteiger partial charge in [-0.25, -0.2) is 9.78 Å². The first kappa shape index (κ1) is 16.3. The van der Waals surface area contributed by atoms with E-state index in [-0.39, 0.29) is 12.5 Å². The predicted octanol–water partition coefficient (Wildman–Crippen LogP) is 3.44. The Morgan fingerprint density at radius 2 is 2.00 bits per heavy atom. The maximum Gasteiger partial charge on any atom is 0.336 e. The summed E-state index contributed by atoms with van der Waals surface area (Å²) in [6.45, 7) is -0.144. The SMILES string of the molecule is CN(C(=O)COc1ccc2ccc(=O)oc2c1)c1nc2ccccc2s1. The van der Waals surface area contributed by atoms with E-state index in [4.69, 9.17) is 9.15 Å². The molecule has 0 N–H and O–H groups in total. The minimum atomic E-state index is -0.429. The molecule has 0 aliphatic heterocycles. The average Bonchev–Trinajstić information content (AvgIpc) is 3.09. The molecule has 0 aliphatic rings. The quantitative estimate of drug-likeness (QED) is 0.517. The van der Waals surface area contributed by atoms with Crippen molar-refractivity contribution in [3.63, 3.8) is 0 Å². The summed E-state index contributed by atoms with van der Waals surface area (Å²) in [7, 11) is 1.67. The van der Waals surface area contributed by atoms with Crippen LogP contribution >= 0.6 is 11.3 Å². The van der Waals surface area contributed by atoms with Gasteiger partial charge >= 0.3 is 5.63 Å². The van der Waals surface area contributed by atoms with Gasteiger partial charge in [-0.3, -0.25) is 9.69 Å². The van der Waals surface area contributed by atoms with Crippen LogP contribution in [0.1, 0.15) is 0 Å². The number of hydrogen-bond donors (Lipinski definition) is 0. The normalized spacial score (nSPS) is 11.0. The Kier molecular flexibility index (Phi) is 4.14. The second kappa shape index (κ2) is 6.61. The number of carbonyl (C=O) groups excluding carboxylic acids is 1. The van der Waals surface area contributed by atoms with E-state index in [1.54, 1.807) is 31.3 Å². The van der Waals surface area contributed by atoms with Crippen molar-refractivity contribution in [3.05, 3.63) is 65.0 Å². The van der Waals surface area contributed by atoms with E-state index in [0.29, 0.717) is 16.5 Å². The summed E-state index contributed by atoms with van der Waals surface area (Å²) in [5.74, 6) is 0.233. The molecule has 6 nitrogen and oxygen atoms in total. The number of amides is 1. The number of hydrogen-bond acceptors (Lipinski definition) is 6. The third kappa shape index (κ3) is 3.16. The van der Waals surface area contributed by atoms with Crippen LogP contribution in [0.4, 0.5) is 5.13 Å². The Hall–Kier alpha value is -3.19. The van der Waals surface area contributed by atoms with Gasteiger partial charge in [0.2, 0.25) is 0 Å². The summed E-state index contributed by atoms with van der Waals surface area (Å²) < 4.78 is 11.7. The zero-order valence-electron chi connectivity index (χ0n) is 13.8. The van der Waals surface area contributed by atoms with E-state index < -0.39 is 5.63 Å². The van der Waals surface area contributed by atoms with E-state index in [1.165, 1.54) is 22.3 Å². The summed E-state index contributed by atoms with van der Waals surface area (Å²) in [5, 5.41) is 1.40. The lowest BCUT2D eigenvalue weighted by Gasteiger charge is -2.14. The number of ether oxygens (including phenoxy) is 1. The second-order valence-electron chi connectivity index (χ2n) is 5.66. The first-order chi connectivity index (χ1) is 12.6. The number of nitrogens with zero attached hydrogens (tertiary/aromatic N) is 2. The highest BCUT2D eigenvalue weighted by molar-refractivity contribution is 7.22. The van der Waals surface area contributed by atoms with Gasteiger partial charge in [0.15, 0.2) is 11.7 Å². The molecule has 0 bridgehead atoms. The van der Waals surface area contributed by atoms with Crippen LogP contribution in [0.5, 0.6) is 5.75 Å². The Morgan fingerprint density at radius 1 is 1.19 bits per heavy atom. The fourth-order valence-corrected chi connectivity index (χ4v) is 3.43. The van der Waals surface area contributed by atoms with Crippen LogP contribution in [0, 0.1) is 0 Å². The lowest BCUT2D eigenvalue weighted by atomic mass is 10.2. The maximum absolute atomic E-state index is 12.4. The van der Waals surface area contributed by atoms with Crippen molar-refractivity contribution in [2.45, 2.75) is 0 Å². The summed E-state index contributed by atoms with van der Waals surface area (Å²) in [6.07, 6.45) is 0. The highest BCUT2D eigenvalue weighted by Crippen LogP contribution is 2.28. The van der Waals surface area contributed by atoms with Crippen LogP contribution in [-0.2, 0) is 4.79 Å². The first-order valence-corrected chi connectivity index (χ1v) is 8.71. The van der Waals surface area contributed by atoms with Crippen LogP contribution in [0.2, 0.25) is 0 Å². The summed E-state index contributed by atoms with van der Waals surface area (Å²) in [4.78, 5) is 29.6. The highest BCUT2D eigenvalue weighted by Gasteiger charge is 2.16. The van der Waals surface area contributed by atoms with Crippen molar-refractivity contribution in [2.75, 3.05) is 18.6 Å². The number of para-hydroxylation sites is 1. The predicted molar refractivity (Wildman–Crippen MR) is 101 cm³/mol. The van der Waals surface area contributed by atoms with Gasteiger partial charge in [0, 0.05) is 24.6 Å². The largest absolute Gasteiger partial charge is 0.484 e. The molecule has 0 fully saturated rings. The average molecular weight is 366 g/mol. The molecule has 7 heteroatoms. The third-order valence-electron chi connectivity index (χ3n) is 3.90. The molecule has 0 unspecified atom stereocenters. The van der Waals surface area contributed by atoms with Gasteiger partial charge in [0.25, 0.3) is 5.91 Å². The monoisotopic (exact) mass is 366 g/mol. The number of benzene rings is 2. The molecule has 0 spiro atoms. The molecule has 0 saturated carbocycles. The van der Waals surface area contributed by atoms with Crippen molar-refractivity contribution in [3.8, 4) is 5.75 Å². The fourth-order valence-electron chi connectivity index (χ4n) is 2.48. The molecule has 4 rings (SSSR count). The molecule has 2 aromatic heterocycles. The number of aromatic nitrogens is 1. The zero-order chi connectivity index (χ0) is 18.1. The smallest absolute Gasteiger partial charge is 0.336 e. The van der Waals surface area contributed by atoms with Crippen LogP contribution in [0.15, 0.2) is 63.8 Å². The van der Waals surface area contributed by atoms with Crippen molar-refractivity contribution in [1.82, 2.24) is 4.98 Å². The lowest BCUT2D eigenvalue weighted by Crippen LogP contribution is -2.31. The maximum atomic E-state index is 12.4. The Balaban J connectivity index is 1.48. The van der Waals surface area contributed by atoms with Crippen LogP contribution in [0.25, 0.3) is 21.2 Å². The highest BCUT2D eigenvalue weighted by atomic mass is 32.1. The van der Waals surface area contributed by atoms with Gasteiger partial charge in [-0.15, -0.1) is 0 Å². The fraction of sp³-hybridized carbons (Fsp3) is 0.105. The van der Waals surface area contributed by atoms with Crippen molar-refractivity contribution < 1.29 is 13.9 Å². The molecule has 4 aromatic rings. The second-order valence-corrected chi connectivity index (χ2v) is 6.67. The van der Waals surface area contributed by atoms with Crippen LogP contribution in [0.3, 0.4) is 0 Å². The third-order valence-corrected chi connectivity index (χ3v) is 5.01. The minimum absolute atomic E-state index is 0.144. The van der Waals surface area contributed by atoms with Crippen molar-refractivity contribution in [2.24, 2.45) is 0 Å². The summed E-state index contributed by atoms with van der Waals surface area (Å²) in [5.41, 5.74) is 0.848. The van der Waals surface area contributed by atoms with Crippen molar-refractivity contribution >= 4 is 43.6 Å². The number of rotatable bonds is 4. The Bertz CT molecular complexity index is 1130. The summed E-state index contributed by atoms with van der Waals surface area (Å²) >= 11 is 1.45. The molecule has 26 heavy (non-hydrogen) atoms. The molecule has 2 aromatic carbocycles. The van der Waals surface area contributed by atoms with Crippen LogP contribution in [-0.4, -0.2) is 24.5 Å². The molecule has 0 aliphatic carbocycles. The van der Waals surface area contributed by atoms with Gasteiger partial charge in [-0.05, 0) is 30.3 Å². The van der Waals surface area contributed by atoms with E-state index >= 15 is 0 Å². The molecule has 1 amide bonds. The van der Waals surface area contributed by atoms with E-state index in [1.807, 2.05) is 24.3 Å². The van der Waals surface area contributed by atoms with Gasteiger partial charge in [-0.1, -0.05) is 23.5 Å². The molecule has 0 atom stereocenters. The molecule has 0 saturated heterocycles. The lowest BCUT2D eigenvalue weighted by molar-refractivity contribution is -0.120. The minimum Gasteiger partial charge on any atom is -0.484 e. The van der Waals surface area contributed by atoms with Gasteiger partial charge in [-0.2, -0.15) is 0 Å². The van der Waals surface area contributed by atoms with Gasteiger partial charge in [0.05, 0.1) is 10.2 Å². The van der Waals surface area contributed by atoms with E-state index in [9.17, 15) is 9.59 Å². The standard InChI is InChI=1S/C19H14N2O4S/c1-21(19-20-14-4-2-3-5-16(14)26-19)17(22)11-24-13-8-6-12-7-9-18(23)25-15(12)10-13/h2-10H,11H2,1H3.